The van der Waals surface area contributed by atoms with E-state index >= 15 is 0 Å². The highest BCUT2D eigenvalue weighted by Gasteiger charge is 2.21. The quantitative estimate of drug-likeness (QED) is 0.589. The molecule has 3 N–H and O–H groups in total. The molecule has 29 heavy (non-hydrogen) atoms. The molecule has 3 aromatic rings. The minimum atomic E-state index is -0.908. The smallest absolute Gasteiger partial charge is 0.253 e. The summed E-state index contributed by atoms with van der Waals surface area (Å²) in [7, 11) is 0. The van der Waals surface area contributed by atoms with Crippen LogP contribution >= 0.6 is 11.6 Å². The van der Waals surface area contributed by atoms with Crippen molar-refractivity contribution < 1.29 is 14.4 Å². The standard InChI is InChI=1S/C23H19ClN2O3/c24-19-9-5-4-8-18(19)23(29)26-20(22(25)28)14-15-10-12-17(13-11-15)21(27)16-6-2-1-3-7-16/h1-13,20H,14H2,(H2,25,28)(H,26,29)/t20-/m0/s1. The maximum atomic E-state index is 12.5. The van der Waals surface area contributed by atoms with E-state index < -0.39 is 17.9 Å². The molecule has 0 aliphatic carbocycles. The lowest BCUT2D eigenvalue weighted by atomic mass is 9.99. The number of primary amides is 1. The van der Waals surface area contributed by atoms with Gasteiger partial charge in [-0.25, -0.2) is 0 Å². The van der Waals surface area contributed by atoms with Crippen molar-refractivity contribution in [1.82, 2.24) is 5.32 Å². The van der Waals surface area contributed by atoms with E-state index in [1.54, 1.807) is 72.8 Å². The van der Waals surface area contributed by atoms with E-state index in [0.29, 0.717) is 11.1 Å². The van der Waals surface area contributed by atoms with Crippen LogP contribution in [0, 0.1) is 0 Å². The van der Waals surface area contributed by atoms with E-state index in [9.17, 15) is 14.4 Å². The van der Waals surface area contributed by atoms with Crippen molar-refractivity contribution in [1.29, 1.82) is 0 Å². The molecule has 3 aromatic carbocycles. The van der Waals surface area contributed by atoms with Crippen LogP contribution in [0.2, 0.25) is 5.02 Å². The van der Waals surface area contributed by atoms with Crippen LogP contribution in [0.25, 0.3) is 0 Å². The van der Waals surface area contributed by atoms with Crippen LogP contribution in [-0.2, 0) is 11.2 Å². The molecule has 146 valence electrons. The lowest BCUT2D eigenvalue weighted by Crippen LogP contribution is -2.45. The SMILES string of the molecule is NC(=O)[C@H](Cc1ccc(C(=O)c2ccccc2)cc1)NC(=O)c1ccccc1Cl. The molecule has 0 aliphatic heterocycles. The number of halogens is 1. The third kappa shape index (κ3) is 5.09. The average molecular weight is 407 g/mol. The van der Waals surface area contributed by atoms with Crippen LogP contribution < -0.4 is 11.1 Å². The molecule has 0 aliphatic rings. The van der Waals surface area contributed by atoms with E-state index in [-0.39, 0.29) is 22.8 Å². The van der Waals surface area contributed by atoms with Gasteiger partial charge in [-0.05, 0) is 17.7 Å². The zero-order valence-corrected chi connectivity index (χ0v) is 16.2. The van der Waals surface area contributed by atoms with Crippen molar-refractivity contribution in [3.05, 3.63) is 106 Å². The van der Waals surface area contributed by atoms with Gasteiger partial charge in [0.1, 0.15) is 6.04 Å². The van der Waals surface area contributed by atoms with Crippen molar-refractivity contribution >= 4 is 29.2 Å². The van der Waals surface area contributed by atoms with Gasteiger partial charge in [0.05, 0.1) is 10.6 Å². The molecular weight excluding hydrogens is 388 g/mol. The minimum Gasteiger partial charge on any atom is -0.368 e. The molecule has 2 amide bonds. The number of hydrogen-bond donors (Lipinski definition) is 2. The van der Waals surface area contributed by atoms with Gasteiger partial charge in [-0.1, -0.05) is 78.3 Å². The molecule has 0 saturated heterocycles. The highest BCUT2D eigenvalue weighted by Crippen LogP contribution is 2.16. The second-order valence-corrected chi connectivity index (χ2v) is 6.91. The molecule has 3 rings (SSSR count). The Morgan fingerprint density at radius 2 is 1.41 bits per heavy atom. The summed E-state index contributed by atoms with van der Waals surface area (Å²) in [4.78, 5) is 36.7. The summed E-state index contributed by atoms with van der Waals surface area (Å²) >= 11 is 6.03. The Labute approximate surface area is 173 Å². The second kappa shape index (κ2) is 9.17. The van der Waals surface area contributed by atoms with Gasteiger partial charge < -0.3 is 11.1 Å². The summed E-state index contributed by atoms with van der Waals surface area (Å²) in [6, 6.07) is 21.5. The minimum absolute atomic E-state index is 0.0874. The first kappa shape index (κ1) is 20.3. The van der Waals surface area contributed by atoms with Crippen LogP contribution in [0.1, 0.15) is 31.8 Å². The number of rotatable bonds is 7. The fourth-order valence-electron chi connectivity index (χ4n) is 2.89. The number of hydrogen-bond acceptors (Lipinski definition) is 3. The molecular formula is C23H19ClN2O3. The van der Waals surface area contributed by atoms with Gasteiger partial charge >= 0.3 is 0 Å². The topological polar surface area (TPSA) is 89.3 Å². The number of benzene rings is 3. The van der Waals surface area contributed by atoms with E-state index in [1.807, 2.05) is 6.07 Å². The van der Waals surface area contributed by atoms with Crippen molar-refractivity contribution in [2.24, 2.45) is 5.73 Å². The molecule has 0 fully saturated rings. The maximum Gasteiger partial charge on any atom is 0.253 e. The largest absolute Gasteiger partial charge is 0.368 e. The Hall–Kier alpha value is -3.44. The van der Waals surface area contributed by atoms with E-state index in [1.165, 1.54) is 0 Å². The highest BCUT2D eigenvalue weighted by atomic mass is 35.5. The summed E-state index contributed by atoms with van der Waals surface area (Å²) < 4.78 is 0. The Balaban J connectivity index is 1.71. The predicted octanol–water partition coefficient (Wildman–Crippen LogP) is 3.40. The van der Waals surface area contributed by atoms with Gasteiger partial charge in [0.25, 0.3) is 5.91 Å². The molecule has 0 radical (unpaired) electrons. The van der Waals surface area contributed by atoms with Crippen LogP contribution in [0.3, 0.4) is 0 Å². The third-order valence-electron chi connectivity index (χ3n) is 4.46. The molecule has 5 nitrogen and oxygen atoms in total. The Bertz CT molecular complexity index is 1030. The average Bonchev–Trinajstić information content (AvgIpc) is 2.74. The lowest BCUT2D eigenvalue weighted by Gasteiger charge is -2.16. The number of carbonyl (C=O) groups is 3. The zero-order chi connectivity index (χ0) is 20.8. The van der Waals surface area contributed by atoms with Gasteiger partial charge in [-0.3, -0.25) is 14.4 Å². The number of carbonyl (C=O) groups excluding carboxylic acids is 3. The van der Waals surface area contributed by atoms with Crippen LogP contribution in [-0.4, -0.2) is 23.6 Å². The summed E-state index contributed by atoms with van der Waals surface area (Å²) in [5.74, 6) is -1.22. The van der Waals surface area contributed by atoms with Gasteiger partial charge in [0.15, 0.2) is 5.78 Å². The van der Waals surface area contributed by atoms with Gasteiger partial charge in [-0.15, -0.1) is 0 Å². The fraction of sp³-hybridized carbons (Fsp3) is 0.0870. The summed E-state index contributed by atoms with van der Waals surface area (Å²) in [5.41, 5.74) is 7.63. The highest BCUT2D eigenvalue weighted by molar-refractivity contribution is 6.33. The second-order valence-electron chi connectivity index (χ2n) is 6.50. The molecule has 0 heterocycles. The van der Waals surface area contributed by atoms with Crippen molar-refractivity contribution in [3.63, 3.8) is 0 Å². The summed E-state index contributed by atoms with van der Waals surface area (Å²) in [5, 5.41) is 2.91. The molecule has 0 saturated carbocycles. The lowest BCUT2D eigenvalue weighted by molar-refractivity contribution is -0.119. The van der Waals surface area contributed by atoms with Crippen LogP contribution in [0.5, 0.6) is 0 Å². The van der Waals surface area contributed by atoms with E-state index in [2.05, 4.69) is 5.32 Å². The van der Waals surface area contributed by atoms with Crippen LogP contribution in [0.4, 0.5) is 0 Å². The summed E-state index contributed by atoms with van der Waals surface area (Å²) in [6.07, 6.45) is 0.200. The van der Waals surface area contributed by atoms with Crippen molar-refractivity contribution in [2.45, 2.75) is 12.5 Å². The Kier molecular flexibility index (Phi) is 6.42. The molecule has 0 unspecified atom stereocenters. The number of nitrogens with two attached hydrogens (primary N) is 1. The molecule has 0 bridgehead atoms. The zero-order valence-electron chi connectivity index (χ0n) is 15.5. The monoisotopic (exact) mass is 406 g/mol. The van der Waals surface area contributed by atoms with E-state index in [4.69, 9.17) is 17.3 Å². The van der Waals surface area contributed by atoms with Crippen molar-refractivity contribution in [3.8, 4) is 0 Å². The number of ketones is 1. The first-order valence-corrected chi connectivity index (χ1v) is 9.37. The van der Waals surface area contributed by atoms with E-state index in [0.717, 1.165) is 5.56 Å². The normalized spacial score (nSPS) is 11.5. The molecule has 1 atom stereocenters. The Morgan fingerprint density at radius 1 is 0.828 bits per heavy atom. The molecule has 0 spiro atoms. The molecule has 0 aromatic heterocycles. The van der Waals surface area contributed by atoms with Gasteiger partial charge in [-0.2, -0.15) is 0 Å². The summed E-state index contributed by atoms with van der Waals surface area (Å²) in [6.45, 7) is 0. The first-order chi connectivity index (χ1) is 14.0. The molecule has 6 heteroatoms. The fourth-order valence-corrected chi connectivity index (χ4v) is 3.11. The predicted molar refractivity (Wildman–Crippen MR) is 112 cm³/mol. The van der Waals surface area contributed by atoms with Gasteiger partial charge in [0, 0.05) is 17.5 Å². The maximum absolute atomic E-state index is 12.5. The number of amides is 2. The van der Waals surface area contributed by atoms with Crippen molar-refractivity contribution in [2.75, 3.05) is 0 Å². The third-order valence-corrected chi connectivity index (χ3v) is 4.79. The Morgan fingerprint density at radius 3 is 2.03 bits per heavy atom. The van der Waals surface area contributed by atoms with Gasteiger partial charge in [0.2, 0.25) is 5.91 Å². The number of nitrogens with one attached hydrogen (secondary N) is 1. The van der Waals surface area contributed by atoms with Crippen LogP contribution in [0.15, 0.2) is 78.9 Å². The first-order valence-electron chi connectivity index (χ1n) is 8.99.